The first-order valence-electron chi connectivity index (χ1n) is 5.56. The number of rotatable bonds is 6. The number of methoxy groups -OCH3 is 1. The van der Waals surface area contributed by atoms with Crippen LogP contribution in [0.1, 0.15) is 0 Å². The predicted molar refractivity (Wildman–Crippen MR) is 72.3 cm³/mol. The molecule has 0 saturated heterocycles. The average molecular weight is 315 g/mol. The Labute approximate surface area is 113 Å². The van der Waals surface area contributed by atoms with Crippen LogP contribution in [-0.4, -0.2) is 41.5 Å². The van der Waals surface area contributed by atoms with Gasteiger partial charge in [0, 0.05) is 17.8 Å². The number of hydrogen-bond acceptors (Lipinski definition) is 5. The van der Waals surface area contributed by atoms with Crippen molar-refractivity contribution in [3.05, 3.63) is 16.7 Å². The number of ether oxygens (including phenoxy) is 2. The van der Waals surface area contributed by atoms with E-state index < -0.39 is 0 Å². The number of nitrogens with zero attached hydrogens (tertiary/aromatic N) is 3. The normalized spacial score (nSPS) is 11.2. The van der Waals surface area contributed by atoms with Crippen LogP contribution in [0.4, 0.5) is 5.95 Å². The maximum Gasteiger partial charge on any atom is 0.202 e. The zero-order valence-corrected chi connectivity index (χ0v) is 11.7. The zero-order valence-electron chi connectivity index (χ0n) is 10.1. The largest absolute Gasteiger partial charge is 0.382 e. The number of fused-ring (bicyclic) bond motifs is 1. The Hall–Kier alpha value is -1.18. The molecule has 6 nitrogen and oxygen atoms in total. The molecule has 2 aromatic rings. The van der Waals surface area contributed by atoms with Crippen LogP contribution in [0.2, 0.25) is 0 Å². The lowest BCUT2D eigenvalue weighted by atomic mass is 10.4. The first-order valence-corrected chi connectivity index (χ1v) is 6.35. The molecular formula is C11H15BrN4O2. The van der Waals surface area contributed by atoms with Gasteiger partial charge < -0.3 is 15.2 Å². The molecule has 0 aliphatic rings. The van der Waals surface area contributed by atoms with E-state index in [1.165, 1.54) is 0 Å². The molecule has 0 aliphatic heterocycles. The van der Waals surface area contributed by atoms with E-state index in [1.54, 1.807) is 13.3 Å². The Kier molecular flexibility index (Phi) is 4.51. The van der Waals surface area contributed by atoms with Crippen molar-refractivity contribution in [1.29, 1.82) is 0 Å². The third-order valence-electron chi connectivity index (χ3n) is 2.47. The van der Waals surface area contributed by atoms with Crippen molar-refractivity contribution in [2.75, 3.05) is 32.7 Å². The van der Waals surface area contributed by atoms with Gasteiger partial charge in [-0.3, -0.25) is 4.57 Å². The fourth-order valence-electron chi connectivity index (χ4n) is 1.62. The van der Waals surface area contributed by atoms with Gasteiger partial charge in [0.1, 0.15) is 5.52 Å². The topological polar surface area (TPSA) is 75.2 Å². The fourth-order valence-corrected chi connectivity index (χ4v) is 1.94. The molecule has 2 rings (SSSR count). The van der Waals surface area contributed by atoms with E-state index in [2.05, 4.69) is 25.9 Å². The van der Waals surface area contributed by atoms with Gasteiger partial charge in [-0.15, -0.1) is 0 Å². The number of pyridine rings is 1. The molecule has 98 valence electrons. The summed E-state index contributed by atoms with van der Waals surface area (Å²) >= 11 is 3.36. The zero-order chi connectivity index (χ0) is 13.0. The second kappa shape index (κ2) is 6.12. The van der Waals surface area contributed by atoms with Gasteiger partial charge in [-0.1, -0.05) is 0 Å². The quantitative estimate of drug-likeness (QED) is 0.817. The van der Waals surface area contributed by atoms with E-state index in [4.69, 9.17) is 15.2 Å². The third-order valence-corrected chi connectivity index (χ3v) is 2.91. The molecule has 0 bridgehead atoms. The summed E-state index contributed by atoms with van der Waals surface area (Å²) in [5.74, 6) is 0.450. The molecule has 0 spiro atoms. The van der Waals surface area contributed by atoms with Crippen LogP contribution >= 0.6 is 15.9 Å². The molecule has 0 saturated carbocycles. The van der Waals surface area contributed by atoms with Crippen LogP contribution in [0.25, 0.3) is 11.2 Å². The van der Waals surface area contributed by atoms with Crippen LogP contribution in [0.3, 0.4) is 0 Å². The lowest BCUT2D eigenvalue weighted by molar-refractivity contribution is 0.0671. The number of halogens is 1. The van der Waals surface area contributed by atoms with Crippen molar-refractivity contribution >= 4 is 33.0 Å². The number of hydrogen-bond donors (Lipinski definition) is 1. The summed E-state index contributed by atoms with van der Waals surface area (Å²) in [5, 5.41) is 0. The third kappa shape index (κ3) is 2.98. The molecule has 0 radical (unpaired) electrons. The minimum Gasteiger partial charge on any atom is -0.382 e. The second-order valence-electron chi connectivity index (χ2n) is 3.72. The first-order chi connectivity index (χ1) is 8.72. The van der Waals surface area contributed by atoms with E-state index in [0.717, 1.165) is 15.6 Å². The van der Waals surface area contributed by atoms with E-state index in [-0.39, 0.29) is 0 Å². The van der Waals surface area contributed by atoms with E-state index >= 15 is 0 Å². The Morgan fingerprint density at radius 2 is 2.22 bits per heavy atom. The van der Waals surface area contributed by atoms with Crippen LogP contribution in [0.5, 0.6) is 0 Å². The summed E-state index contributed by atoms with van der Waals surface area (Å²) in [6.45, 7) is 2.34. The Morgan fingerprint density at radius 1 is 1.39 bits per heavy atom. The molecule has 2 aromatic heterocycles. The highest BCUT2D eigenvalue weighted by atomic mass is 79.9. The van der Waals surface area contributed by atoms with Crippen molar-refractivity contribution in [3.8, 4) is 0 Å². The van der Waals surface area contributed by atoms with Gasteiger partial charge in [-0.05, 0) is 22.0 Å². The lowest BCUT2D eigenvalue weighted by Gasteiger charge is -2.06. The van der Waals surface area contributed by atoms with Gasteiger partial charge in [0.25, 0.3) is 0 Å². The van der Waals surface area contributed by atoms with Gasteiger partial charge >= 0.3 is 0 Å². The van der Waals surface area contributed by atoms with Crippen molar-refractivity contribution in [2.45, 2.75) is 6.54 Å². The minimum absolute atomic E-state index is 0.450. The molecule has 2 N–H and O–H groups in total. The summed E-state index contributed by atoms with van der Waals surface area (Å²) < 4.78 is 13.0. The van der Waals surface area contributed by atoms with E-state index in [0.29, 0.717) is 32.3 Å². The monoisotopic (exact) mass is 314 g/mol. The summed E-state index contributed by atoms with van der Waals surface area (Å²) in [6.07, 6.45) is 1.73. The van der Waals surface area contributed by atoms with Crippen LogP contribution in [0, 0.1) is 0 Å². The van der Waals surface area contributed by atoms with E-state index in [1.807, 2.05) is 10.6 Å². The number of aromatic nitrogens is 3. The summed E-state index contributed by atoms with van der Waals surface area (Å²) in [6, 6.07) is 1.89. The molecule has 2 heterocycles. The molecule has 0 aliphatic carbocycles. The van der Waals surface area contributed by atoms with Crippen molar-refractivity contribution < 1.29 is 9.47 Å². The fraction of sp³-hybridized carbons (Fsp3) is 0.455. The SMILES string of the molecule is COCCOCCn1c(N)nc2cc(Br)cnc21. The average Bonchev–Trinajstić information content (AvgIpc) is 2.64. The number of imidazole rings is 1. The number of nitrogens with two attached hydrogens (primary N) is 1. The number of anilines is 1. The summed E-state index contributed by atoms with van der Waals surface area (Å²) in [4.78, 5) is 8.57. The molecule has 0 aromatic carbocycles. The van der Waals surface area contributed by atoms with Gasteiger partial charge in [-0.25, -0.2) is 9.97 Å². The smallest absolute Gasteiger partial charge is 0.202 e. The highest BCUT2D eigenvalue weighted by Crippen LogP contribution is 2.19. The number of nitrogen functional groups attached to an aromatic ring is 1. The lowest BCUT2D eigenvalue weighted by Crippen LogP contribution is -2.11. The van der Waals surface area contributed by atoms with E-state index in [9.17, 15) is 0 Å². The molecular weight excluding hydrogens is 300 g/mol. The van der Waals surface area contributed by atoms with Gasteiger partial charge in [-0.2, -0.15) is 0 Å². The summed E-state index contributed by atoms with van der Waals surface area (Å²) in [5.41, 5.74) is 7.41. The Balaban J connectivity index is 2.05. The van der Waals surface area contributed by atoms with Crippen molar-refractivity contribution in [1.82, 2.24) is 14.5 Å². The van der Waals surface area contributed by atoms with Crippen molar-refractivity contribution in [2.24, 2.45) is 0 Å². The molecule has 0 fully saturated rings. The first kappa shape index (κ1) is 13.3. The highest BCUT2D eigenvalue weighted by molar-refractivity contribution is 9.10. The maximum atomic E-state index is 5.86. The highest BCUT2D eigenvalue weighted by Gasteiger charge is 2.09. The standard InChI is InChI=1S/C11H15BrN4O2/c1-17-4-5-18-3-2-16-10-9(15-11(16)13)6-8(12)7-14-10/h6-7H,2-5H2,1H3,(H2,13,15). The van der Waals surface area contributed by atoms with Gasteiger partial charge in [0.15, 0.2) is 5.65 Å². The van der Waals surface area contributed by atoms with Crippen LogP contribution in [0.15, 0.2) is 16.7 Å². The predicted octanol–water partition coefficient (Wildman–Crippen LogP) is 1.44. The molecule has 18 heavy (non-hydrogen) atoms. The minimum atomic E-state index is 0.450. The second-order valence-corrected chi connectivity index (χ2v) is 4.64. The molecule has 0 amide bonds. The van der Waals surface area contributed by atoms with Crippen LogP contribution in [-0.2, 0) is 16.0 Å². The van der Waals surface area contributed by atoms with Crippen LogP contribution < -0.4 is 5.73 Å². The Morgan fingerprint density at radius 3 is 3.00 bits per heavy atom. The van der Waals surface area contributed by atoms with Gasteiger partial charge in [0.05, 0.1) is 26.4 Å². The van der Waals surface area contributed by atoms with Gasteiger partial charge in [0.2, 0.25) is 5.95 Å². The molecule has 7 heteroatoms. The molecule has 0 unspecified atom stereocenters. The maximum absolute atomic E-state index is 5.86. The van der Waals surface area contributed by atoms with Crippen molar-refractivity contribution in [3.63, 3.8) is 0 Å². The molecule has 0 atom stereocenters. The Bertz CT molecular complexity index is 529. The summed E-state index contributed by atoms with van der Waals surface area (Å²) in [7, 11) is 1.65.